The van der Waals surface area contributed by atoms with E-state index >= 15 is 0 Å². The quantitative estimate of drug-likeness (QED) is 0.251. The monoisotopic (exact) mass is 642 g/mol. The zero-order valence-corrected chi connectivity index (χ0v) is 28.3. The van der Waals surface area contributed by atoms with E-state index in [9.17, 15) is 18.3 Å². The standard InChI is InChI=1S/C36H42N4O5S/c1-23-10-8-11-24(2)32(23)30-19-31-38-34(37-30)39-46(43,44)29-13-9-12-26(18-29)33(41)40(28(22-45-31)20-35(3,4)5)21-25-14-16-27(17-15-25)36(6,7)42/h8-19,28,42H,20-22H2,1-7H3,(H,37,38,39)/t28-/m1/s1. The van der Waals surface area contributed by atoms with Crippen LogP contribution in [0, 0.1) is 19.3 Å². The van der Waals surface area contributed by atoms with Gasteiger partial charge in [-0.15, -0.1) is 0 Å². The lowest BCUT2D eigenvalue weighted by Crippen LogP contribution is -2.45. The molecule has 1 aromatic heterocycles. The first kappa shape index (κ1) is 33.1. The number of aryl methyl sites for hydroxylation is 2. The normalized spacial score (nSPS) is 16.8. The van der Waals surface area contributed by atoms with Crippen molar-refractivity contribution in [2.45, 2.75) is 78.0 Å². The third-order valence-corrected chi connectivity index (χ3v) is 9.37. The fourth-order valence-electron chi connectivity index (χ4n) is 5.76. The van der Waals surface area contributed by atoms with E-state index in [0.717, 1.165) is 27.8 Å². The van der Waals surface area contributed by atoms with Crippen LogP contribution in [0.15, 0.2) is 77.7 Å². The summed E-state index contributed by atoms with van der Waals surface area (Å²) in [5.74, 6) is -0.255. The molecule has 9 nitrogen and oxygen atoms in total. The van der Waals surface area contributed by atoms with E-state index in [1.54, 1.807) is 36.9 Å². The van der Waals surface area contributed by atoms with E-state index in [1.165, 1.54) is 12.1 Å². The lowest BCUT2D eigenvalue weighted by molar-refractivity contribution is 0.0512. The minimum Gasteiger partial charge on any atom is -0.475 e. The summed E-state index contributed by atoms with van der Waals surface area (Å²) in [7, 11) is -4.16. The zero-order chi connectivity index (χ0) is 33.4. The number of hydrogen-bond acceptors (Lipinski definition) is 7. The molecule has 46 heavy (non-hydrogen) atoms. The minimum absolute atomic E-state index is 0.0806. The lowest BCUT2D eigenvalue weighted by Gasteiger charge is -2.36. The fraction of sp³-hybridized carbons (Fsp3) is 0.361. The summed E-state index contributed by atoms with van der Waals surface area (Å²) in [6.45, 7) is 14.1. The number of nitrogens with one attached hydrogen (secondary N) is 1. The van der Waals surface area contributed by atoms with Crippen molar-refractivity contribution in [1.29, 1.82) is 0 Å². The summed E-state index contributed by atoms with van der Waals surface area (Å²) in [4.78, 5) is 25.1. The highest BCUT2D eigenvalue weighted by atomic mass is 32.2. The predicted octanol–water partition coefficient (Wildman–Crippen LogP) is 6.63. The Morgan fingerprint density at radius 2 is 1.59 bits per heavy atom. The number of aromatic nitrogens is 2. The molecule has 1 atom stereocenters. The molecule has 0 spiro atoms. The number of nitrogens with zero attached hydrogens (tertiary/aromatic N) is 3. The van der Waals surface area contributed by atoms with E-state index in [0.29, 0.717) is 12.1 Å². The van der Waals surface area contributed by atoms with Crippen molar-refractivity contribution in [3.05, 3.63) is 101 Å². The molecule has 0 saturated heterocycles. The maximum atomic E-state index is 14.3. The molecule has 1 aliphatic rings. The van der Waals surface area contributed by atoms with Crippen molar-refractivity contribution >= 4 is 21.9 Å². The molecule has 4 aromatic rings. The lowest BCUT2D eigenvalue weighted by atomic mass is 9.87. The molecule has 0 aliphatic carbocycles. The third-order valence-electron chi connectivity index (χ3n) is 8.04. The first-order valence-electron chi connectivity index (χ1n) is 15.3. The molecule has 10 heteroatoms. The van der Waals surface area contributed by atoms with Crippen molar-refractivity contribution in [3.63, 3.8) is 0 Å². The maximum absolute atomic E-state index is 14.3. The van der Waals surface area contributed by atoms with Crippen LogP contribution >= 0.6 is 0 Å². The number of anilines is 1. The van der Waals surface area contributed by atoms with Gasteiger partial charge in [0.05, 0.1) is 22.2 Å². The number of amides is 1. The number of sulfonamides is 1. The Bertz CT molecular complexity index is 1840. The molecule has 1 amide bonds. The van der Waals surface area contributed by atoms with Gasteiger partial charge in [-0.1, -0.05) is 69.3 Å². The highest BCUT2D eigenvalue weighted by molar-refractivity contribution is 7.92. The predicted molar refractivity (Wildman–Crippen MR) is 179 cm³/mol. The van der Waals surface area contributed by atoms with Crippen molar-refractivity contribution in [1.82, 2.24) is 14.9 Å². The third kappa shape index (κ3) is 7.57. The molecule has 0 saturated carbocycles. The molecule has 5 rings (SSSR count). The summed E-state index contributed by atoms with van der Waals surface area (Å²) in [6.07, 6.45) is 0.596. The summed E-state index contributed by atoms with van der Waals surface area (Å²) in [5, 5.41) is 10.5. The number of hydrogen-bond donors (Lipinski definition) is 2. The Labute approximate surface area is 271 Å². The van der Waals surface area contributed by atoms with E-state index in [2.05, 4.69) is 35.5 Å². The van der Waals surface area contributed by atoms with E-state index in [4.69, 9.17) is 4.74 Å². The zero-order valence-electron chi connectivity index (χ0n) is 27.5. The minimum atomic E-state index is -4.16. The first-order chi connectivity index (χ1) is 21.5. The second kappa shape index (κ2) is 12.5. The SMILES string of the molecule is Cc1cccc(C)c1-c1cc2nc(n1)NS(=O)(=O)c1cccc(c1)C(=O)N(Cc1ccc(C(C)(C)O)cc1)[C@H](CC(C)(C)C)CO2. The average Bonchev–Trinajstić information content (AvgIpc) is 2.96. The van der Waals surface area contributed by atoms with Crippen molar-refractivity contribution in [3.8, 4) is 17.1 Å². The van der Waals surface area contributed by atoms with E-state index in [-0.39, 0.29) is 46.8 Å². The summed E-state index contributed by atoms with van der Waals surface area (Å²) < 4.78 is 36.1. The molecule has 0 fully saturated rings. The number of carbonyl (C=O) groups is 1. The van der Waals surface area contributed by atoms with Crippen LogP contribution < -0.4 is 9.46 Å². The molecule has 0 radical (unpaired) electrons. The number of fused-ring (bicyclic) bond motifs is 4. The van der Waals surface area contributed by atoms with Gasteiger partial charge in [0.25, 0.3) is 15.9 Å². The molecule has 0 unspecified atom stereocenters. The van der Waals surface area contributed by atoms with Gasteiger partial charge in [0, 0.05) is 23.7 Å². The highest BCUT2D eigenvalue weighted by Gasteiger charge is 2.31. The number of aliphatic hydroxyl groups is 1. The van der Waals surface area contributed by atoms with Gasteiger partial charge in [0.15, 0.2) is 0 Å². The summed E-state index contributed by atoms with van der Waals surface area (Å²) >= 11 is 0. The van der Waals surface area contributed by atoms with Crippen LogP contribution in [0.3, 0.4) is 0 Å². The Balaban J connectivity index is 1.65. The van der Waals surface area contributed by atoms with Crippen LogP contribution in [0.2, 0.25) is 0 Å². The topological polar surface area (TPSA) is 122 Å². The van der Waals surface area contributed by atoms with Crippen LogP contribution in [0.25, 0.3) is 11.3 Å². The maximum Gasteiger partial charge on any atom is 0.264 e. The van der Waals surface area contributed by atoms with E-state index in [1.807, 2.05) is 56.3 Å². The van der Waals surface area contributed by atoms with Gasteiger partial charge in [-0.25, -0.2) is 18.1 Å². The van der Waals surface area contributed by atoms with Gasteiger partial charge in [-0.2, -0.15) is 4.98 Å². The molecular weight excluding hydrogens is 600 g/mol. The Kier molecular flexibility index (Phi) is 8.99. The second-order valence-electron chi connectivity index (χ2n) is 13.7. The van der Waals surface area contributed by atoms with Gasteiger partial charge < -0.3 is 14.7 Å². The summed E-state index contributed by atoms with van der Waals surface area (Å²) in [5.41, 5.74) is 3.99. The second-order valence-corrected chi connectivity index (χ2v) is 15.4. The Morgan fingerprint density at radius 3 is 2.22 bits per heavy atom. The molecular formula is C36H42N4O5S. The largest absolute Gasteiger partial charge is 0.475 e. The Hall–Kier alpha value is -4.28. The van der Waals surface area contributed by atoms with Crippen molar-refractivity contribution in [2.24, 2.45) is 5.41 Å². The van der Waals surface area contributed by atoms with Crippen molar-refractivity contribution in [2.75, 3.05) is 11.3 Å². The summed E-state index contributed by atoms with van der Waals surface area (Å²) in [6, 6.07) is 20.7. The van der Waals surface area contributed by atoms with Crippen LogP contribution in [0.4, 0.5) is 5.95 Å². The van der Waals surface area contributed by atoms with E-state index < -0.39 is 21.7 Å². The van der Waals surface area contributed by atoms with Crippen molar-refractivity contribution < 1.29 is 23.1 Å². The highest BCUT2D eigenvalue weighted by Crippen LogP contribution is 2.32. The van der Waals surface area contributed by atoms with Crippen LogP contribution in [-0.2, 0) is 22.2 Å². The first-order valence-corrected chi connectivity index (χ1v) is 16.8. The smallest absolute Gasteiger partial charge is 0.264 e. The van der Waals surface area contributed by atoms with Crippen LogP contribution in [-0.4, -0.2) is 46.9 Å². The Morgan fingerprint density at radius 1 is 0.935 bits per heavy atom. The van der Waals surface area contributed by atoms with Gasteiger partial charge in [-0.05, 0) is 80.0 Å². The van der Waals surface area contributed by atoms with Gasteiger partial charge >= 0.3 is 0 Å². The number of carbonyl (C=O) groups excluding carboxylic acids is 1. The molecule has 4 bridgehead atoms. The van der Waals surface area contributed by atoms with Gasteiger partial charge in [-0.3, -0.25) is 4.79 Å². The van der Waals surface area contributed by atoms with Crippen LogP contribution in [0.1, 0.15) is 73.7 Å². The molecule has 3 aromatic carbocycles. The fourth-order valence-corrected chi connectivity index (χ4v) is 6.75. The van der Waals surface area contributed by atoms with Gasteiger partial charge in [0.2, 0.25) is 11.8 Å². The molecule has 242 valence electrons. The molecule has 2 heterocycles. The molecule has 1 aliphatic heterocycles. The number of benzene rings is 3. The van der Waals surface area contributed by atoms with Gasteiger partial charge in [0.1, 0.15) is 6.61 Å². The number of ether oxygens (including phenoxy) is 1. The average molecular weight is 643 g/mol. The van der Waals surface area contributed by atoms with Crippen LogP contribution in [0.5, 0.6) is 5.88 Å². The molecule has 2 N–H and O–H groups in total. The number of rotatable bonds is 5.